The minimum atomic E-state index is -6.60. The van der Waals surface area contributed by atoms with Crippen molar-refractivity contribution in [2.24, 2.45) is 0 Å². The van der Waals surface area contributed by atoms with Crippen LogP contribution in [0, 0.1) is 0 Å². The van der Waals surface area contributed by atoms with Crippen LogP contribution in [0.25, 0.3) is 67.0 Å². The summed E-state index contributed by atoms with van der Waals surface area (Å²) < 4.78 is 174. The number of H-pyrrole nitrogens is 4. The zero-order chi connectivity index (χ0) is 98.1. The molecular weight excluding hydrogens is 1980 g/mol. The Morgan fingerprint density at radius 2 is 0.599 bits per heavy atom. The first-order valence-corrected chi connectivity index (χ1v) is 48.1. The van der Waals surface area contributed by atoms with E-state index >= 15 is 4.57 Å². The van der Waals surface area contributed by atoms with Crippen LogP contribution < -0.4 is 56.6 Å². The van der Waals surface area contributed by atoms with Crippen LogP contribution in [0.5, 0.6) is 0 Å². The minimum absolute atomic E-state index is 0.0201. The maximum Gasteiger partial charge on any atom is 0.472 e. The number of ether oxygens (including phenoxy) is 6. The van der Waals surface area contributed by atoms with Gasteiger partial charge in [-0.1, -0.05) is 0 Å². The highest BCUT2D eigenvalue weighted by Crippen LogP contribution is 2.67. The van der Waals surface area contributed by atoms with E-state index in [1.165, 1.54) is 0 Å². The number of nitrogen functional groups attached to an aromatic ring is 6. The summed E-state index contributed by atoms with van der Waals surface area (Å²) in [6.07, 6.45) is -43.5. The Bertz CT molecular complexity index is 7300. The summed E-state index contributed by atoms with van der Waals surface area (Å²) in [4.78, 5) is 195. The quantitative estimate of drug-likeness (QED) is 0.0174. The number of aromatic nitrogens is 24. The van der Waals surface area contributed by atoms with Crippen molar-refractivity contribution in [1.29, 1.82) is 0 Å². The average molecular weight is 2060 g/mol. The summed E-state index contributed by atoms with van der Waals surface area (Å²) in [5.41, 5.74) is 26.7. The fourth-order valence-corrected chi connectivity index (χ4v) is 22.3. The van der Waals surface area contributed by atoms with Gasteiger partial charge in [0.05, 0.1) is 77.6 Å². The molecule has 6 fully saturated rings. The first-order chi connectivity index (χ1) is 64.5. The monoisotopic (exact) mass is 2060 g/mol. The van der Waals surface area contributed by atoms with Gasteiger partial charge in [-0.3, -0.25) is 107 Å². The van der Waals surface area contributed by atoms with E-state index in [1.54, 1.807) is 0 Å². The summed E-state index contributed by atoms with van der Waals surface area (Å²) in [5, 5.41) is 100. The molecule has 29 atom stereocenters. The van der Waals surface area contributed by atoms with E-state index in [2.05, 4.69) is 94.2 Å². The predicted octanol–water partition coefficient (Wildman–Crippen LogP) is -10.0. The Morgan fingerprint density at radius 1 is 0.328 bits per heavy atom. The number of anilines is 6. The lowest BCUT2D eigenvalue weighted by atomic mass is 10.1. The molecule has 77 heteroatoms. The molecule has 0 amide bonds. The number of aromatic amines is 4. The van der Waals surface area contributed by atoms with Gasteiger partial charge in [-0.25, -0.2) is 68.1 Å². The van der Waals surface area contributed by atoms with E-state index in [0.29, 0.717) is 10.9 Å². The molecule has 5 unspecified atom stereocenters. The summed E-state index contributed by atoms with van der Waals surface area (Å²) in [7, 11) is -36.7. The van der Waals surface area contributed by atoms with Crippen LogP contribution in [-0.2, 0) is 96.5 Å². The molecule has 6 aliphatic rings. The highest BCUT2D eigenvalue weighted by molar-refractivity contribution is 7.55. The molecule has 32 N–H and O–H groups in total. The third kappa shape index (κ3) is 17.3. The molecule has 0 radical (unpaired) electrons. The van der Waals surface area contributed by atoms with Crippen LogP contribution in [0.3, 0.4) is 0 Å². The number of phosphoric acid groups is 4. The second-order valence-corrected chi connectivity index (χ2v) is 40.4. The molecule has 18 heterocycles. The number of aliphatic hydroxyl groups is 9. The average Bonchev–Trinajstić information content (AvgIpc) is 1.56. The number of fused-ring (bicyclic) bond motifs is 6. The number of nitrogens with zero attached hydrogens (tertiary/aromatic N) is 20. The van der Waals surface area contributed by atoms with Gasteiger partial charge in [-0.05, 0) is 0 Å². The van der Waals surface area contributed by atoms with Crippen LogP contribution in [0.15, 0.2) is 69.8 Å². The molecule has 0 saturated carbocycles. The zero-order valence-corrected chi connectivity index (χ0v) is 73.4. The largest absolute Gasteiger partial charge is 0.472 e. The van der Waals surface area contributed by atoms with Gasteiger partial charge in [-0.2, -0.15) is 19.9 Å². The van der Waals surface area contributed by atoms with Gasteiger partial charge >= 0.3 is 46.5 Å². The highest BCUT2D eigenvalue weighted by atomic mass is 31.2. The molecule has 0 bridgehead atoms. The Labute approximate surface area is 751 Å². The minimum Gasteiger partial charge on any atom is -0.387 e. The van der Waals surface area contributed by atoms with Crippen molar-refractivity contribution in [2.75, 3.05) is 74.0 Å². The second-order valence-electron chi connectivity index (χ2n) is 30.9. The lowest BCUT2D eigenvalue weighted by Crippen LogP contribution is -2.51. The number of rotatable bonds is 32. The summed E-state index contributed by atoms with van der Waals surface area (Å²) in [5.74, 6) is -2.70. The molecule has 18 rings (SSSR count). The van der Waals surface area contributed by atoms with Gasteiger partial charge < -0.3 is 152 Å². The summed E-state index contributed by atoms with van der Waals surface area (Å²) in [6.45, 7) is -9.26. The Balaban J connectivity index is 0.623. The molecule has 0 aliphatic carbocycles. The Morgan fingerprint density at radius 3 is 0.934 bits per heavy atom. The van der Waals surface area contributed by atoms with Crippen molar-refractivity contribution in [3.63, 3.8) is 0 Å². The van der Waals surface area contributed by atoms with Gasteiger partial charge in [-0.15, -0.1) is 0 Å². The van der Waals surface area contributed by atoms with Crippen LogP contribution in [0.1, 0.15) is 37.4 Å². The first-order valence-electron chi connectivity index (χ1n) is 39.0. The number of imidazole rings is 6. The summed E-state index contributed by atoms with van der Waals surface area (Å²) in [6, 6.07) is 0. The molecule has 0 aromatic carbocycles. The maximum absolute atomic E-state index is 15.5. The van der Waals surface area contributed by atoms with Crippen molar-refractivity contribution in [3.8, 4) is 0 Å². The Hall–Kier alpha value is -10.6. The molecule has 0 spiro atoms. The molecule has 12 aromatic rings. The molecule has 12 aromatic heterocycles. The number of nitrogens with one attached hydrogen (secondary N) is 4. The first kappa shape index (κ1) is 96.7. The summed E-state index contributed by atoms with van der Waals surface area (Å²) >= 11 is 0. The highest BCUT2D eigenvalue weighted by Gasteiger charge is 2.71. The predicted molar refractivity (Wildman–Crippen MR) is 437 cm³/mol. The second kappa shape index (κ2) is 35.3. The maximum atomic E-state index is 15.5. The standard InChI is InChI=1S/C60H74N30O41P6/c61-37-21-39(69-7-67-37)85(9-71-21)49-28(92)27(91)15(123-49)1-120-135(111,112)130-33-17(125-51(30(33)94)88-12-74-24-42(88)78-56(64)82-46(24)99)3-122-137(115,116)131-34-18(126-52(31(34)95)89-13-75-25-43(89)79-57(65)83-47(25)100)4-121-136(113,114)129-32-16(124-50(29(32)93)87-11-73-23-41(87)77-55(63)81-45(23)98)2-117-132(104,105)59(102)19(127-54(36(59)97)90-14-76-26-44(90)80-58(66)84-48(26)101)5-118-133(106,107)60(103)20(6-119-134(108,109)110)128-53(35(60)96)86-10-72-22-38(62)68-8-70-40(22)86/h7-20,27-36,49-54,91-97,102-103H,1-6H2,(H,104,105)(H,106,107)(H,111,112)(H,113,114)(H,115,116)(H2,61,67,69)(H2,62,68,70)(H2,108,109,110)(H3,63,77,81,98)(H3,64,78,82,99)(H3,65,79,83,100)(H3,66,80,84,101)/t15-,16-,17-,18-,19-,20-,27-,28-,29-,30-,31-,32-,33-,34-,35+,36+,49-,50-,51-,52-,53-,54-,59+,60+/m1/s1. The van der Waals surface area contributed by atoms with E-state index < -0.39 is 323 Å². The van der Waals surface area contributed by atoms with Crippen LogP contribution in [-0.4, -0.2) is 345 Å². The van der Waals surface area contributed by atoms with E-state index in [4.69, 9.17) is 99.0 Å². The van der Waals surface area contributed by atoms with E-state index in [1.807, 2.05) is 0 Å². The normalized spacial score (nSPS) is 32.1. The van der Waals surface area contributed by atoms with E-state index in [9.17, 15) is 122 Å². The van der Waals surface area contributed by atoms with Crippen LogP contribution >= 0.6 is 46.5 Å². The fourth-order valence-electron chi connectivity index (χ4n) is 16.1. The zero-order valence-electron chi connectivity index (χ0n) is 68.0. The SMILES string of the molecule is Nc1nc2c(ncn2[C@@H]2O[C@H](COP(=O)(O)O[C@H]3[C@@H](O)[C@H](n4cnc5c(=O)[nH]c(N)nc54)O[C@@H]3COP(=O)(O)O[C@H]3[C@@H](O)[C@H](n4cnc5c(=O)[nH]c(N)nc54)O[C@@H]3COP(=O)(O)[C@@]3(O)[C@@H](COP(=O)(O)[C@@]4(O)[C@@H](COP(=O)(O)O)O[C@@H](n5cnc6c(N)ncnc65)[C@@H]4O)O[C@@H](n4cnc5c(=O)[nH]c(N)nc54)[C@@H]3O)[C@@H](OP(=O)(O)OC[C@H]3O[C@@H](n4cnc5c(N)ncnc54)[C@H](O)[C@@H]3O)[C@H]2O)c(=O)[nH]1. The van der Waals surface area contributed by atoms with Crippen molar-refractivity contribution in [3.05, 3.63) is 92.0 Å². The van der Waals surface area contributed by atoms with Gasteiger partial charge in [0.1, 0.15) is 121 Å². The van der Waals surface area contributed by atoms with E-state index in [-0.39, 0.29) is 34.0 Å². The van der Waals surface area contributed by atoms with Crippen molar-refractivity contribution in [2.45, 2.75) is 146 Å². The third-order valence-electron chi connectivity index (χ3n) is 22.5. The van der Waals surface area contributed by atoms with Crippen molar-refractivity contribution >= 4 is 149 Å². The number of hydrogen-bond acceptors (Lipinski definition) is 54. The molecule has 137 heavy (non-hydrogen) atoms. The molecule has 71 nitrogen and oxygen atoms in total. The number of phosphoric ester groups is 4. The van der Waals surface area contributed by atoms with Crippen LogP contribution in [0.4, 0.5) is 35.4 Å². The lowest BCUT2D eigenvalue weighted by molar-refractivity contribution is -0.0781. The van der Waals surface area contributed by atoms with Gasteiger partial charge in [0.25, 0.3) is 22.2 Å². The van der Waals surface area contributed by atoms with Gasteiger partial charge in [0.2, 0.25) is 34.5 Å². The van der Waals surface area contributed by atoms with Crippen LogP contribution in [0.2, 0.25) is 0 Å². The molecule has 6 saturated heterocycles. The number of hydrogen-bond donors (Lipinski definition) is 26. The number of nitrogens with two attached hydrogens (primary N) is 6. The van der Waals surface area contributed by atoms with Crippen molar-refractivity contribution < 1.29 is 177 Å². The molecule has 740 valence electrons. The molecular formula is C60H74N30O41P6. The molecule has 6 aliphatic heterocycles. The van der Waals surface area contributed by atoms with Crippen molar-refractivity contribution in [1.82, 2.24) is 117 Å². The fraction of sp³-hybridized carbons (Fsp3) is 0.500. The topological polar surface area (TPSA) is 1060 Å². The third-order valence-corrected chi connectivity index (χ3v) is 29.9. The lowest BCUT2D eigenvalue weighted by Gasteiger charge is -2.36. The smallest absolute Gasteiger partial charge is 0.387 e. The number of aliphatic hydroxyl groups excluding tert-OH is 7. The van der Waals surface area contributed by atoms with E-state index in [0.717, 1.165) is 67.1 Å². The Kier molecular flexibility index (Phi) is 24.9. The van der Waals surface area contributed by atoms with Gasteiger partial charge in [0.15, 0.2) is 105 Å². The van der Waals surface area contributed by atoms with Gasteiger partial charge in [0, 0.05) is 0 Å².